The summed E-state index contributed by atoms with van der Waals surface area (Å²) < 4.78 is 2.09. The molecule has 0 unspecified atom stereocenters. The number of nitrogens with zero attached hydrogens (tertiary/aromatic N) is 2. The third-order valence-corrected chi connectivity index (χ3v) is 2.16. The molecule has 0 saturated carbocycles. The minimum absolute atomic E-state index is 1.00. The topological polar surface area (TPSA) is 17.8 Å². The standard InChI is InChI=1S/C10H12N2/c1-3-8-4-5-10-9(11-8)6-7-12(10)2/h4-7H,3H2,1-2H3. The minimum Gasteiger partial charge on any atom is -0.349 e. The Morgan fingerprint density at radius 3 is 2.92 bits per heavy atom. The Bertz CT molecular complexity index is 401. The van der Waals surface area contributed by atoms with Gasteiger partial charge in [-0.05, 0) is 24.6 Å². The van der Waals surface area contributed by atoms with Crippen LogP contribution < -0.4 is 0 Å². The highest BCUT2D eigenvalue weighted by atomic mass is 14.9. The number of aryl methyl sites for hydroxylation is 2. The summed E-state index contributed by atoms with van der Waals surface area (Å²) in [5.74, 6) is 0. The van der Waals surface area contributed by atoms with E-state index in [1.165, 1.54) is 5.52 Å². The van der Waals surface area contributed by atoms with Crippen LogP contribution in [0.1, 0.15) is 12.6 Å². The number of hydrogen-bond donors (Lipinski definition) is 0. The Labute approximate surface area is 71.8 Å². The van der Waals surface area contributed by atoms with Gasteiger partial charge in [-0.1, -0.05) is 6.92 Å². The van der Waals surface area contributed by atoms with Crippen LogP contribution in [0.25, 0.3) is 11.0 Å². The number of aromatic nitrogens is 2. The Morgan fingerprint density at radius 2 is 2.17 bits per heavy atom. The summed E-state index contributed by atoms with van der Waals surface area (Å²) >= 11 is 0. The molecule has 0 amide bonds. The number of rotatable bonds is 1. The molecule has 0 atom stereocenters. The lowest BCUT2D eigenvalue weighted by molar-refractivity contribution is 0.965. The maximum atomic E-state index is 4.49. The molecule has 2 heteroatoms. The van der Waals surface area contributed by atoms with Crippen LogP contribution in [0.5, 0.6) is 0 Å². The Kier molecular flexibility index (Phi) is 1.61. The molecule has 2 rings (SSSR count). The first kappa shape index (κ1) is 7.35. The first-order valence-corrected chi connectivity index (χ1v) is 4.22. The zero-order chi connectivity index (χ0) is 8.55. The predicted molar refractivity (Wildman–Crippen MR) is 50.1 cm³/mol. The van der Waals surface area contributed by atoms with Crippen molar-refractivity contribution in [3.8, 4) is 0 Å². The van der Waals surface area contributed by atoms with E-state index in [0.717, 1.165) is 17.6 Å². The van der Waals surface area contributed by atoms with Crippen LogP contribution in [-0.2, 0) is 13.5 Å². The summed E-state index contributed by atoms with van der Waals surface area (Å²) in [5.41, 5.74) is 3.46. The second-order valence-corrected chi connectivity index (χ2v) is 2.99. The van der Waals surface area contributed by atoms with Gasteiger partial charge in [0.05, 0.1) is 11.0 Å². The van der Waals surface area contributed by atoms with Crippen LogP contribution in [0.4, 0.5) is 0 Å². The van der Waals surface area contributed by atoms with Gasteiger partial charge in [-0.15, -0.1) is 0 Å². The maximum Gasteiger partial charge on any atom is 0.0884 e. The van der Waals surface area contributed by atoms with E-state index in [0.29, 0.717) is 0 Å². The van der Waals surface area contributed by atoms with Crippen molar-refractivity contribution in [3.63, 3.8) is 0 Å². The second-order valence-electron chi connectivity index (χ2n) is 2.99. The zero-order valence-electron chi connectivity index (χ0n) is 7.41. The molecule has 12 heavy (non-hydrogen) atoms. The molecule has 0 N–H and O–H groups in total. The van der Waals surface area contributed by atoms with E-state index in [1.807, 2.05) is 13.2 Å². The smallest absolute Gasteiger partial charge is 0.0884 e. The maximum absolute atomic E-state index is 4.49. The summed E-state index contributed by atoms with van der Waals surface area (Å²) in [6.45, 7) is 2.12. The van der Waals surface area contributed by atoms with Gasteiger partial charge in [0.25, 0.3) is 0 Å². The average molecular weight is 160 g/mol. The van der Waals surface area contributed by atoms with Gasteiger partial charge in [-0.25, -0.2) is 0 Å². The largest absolute Gasteiger partial charge is 0.349 e. The molecular weight excluding hydrogens is 148 g/mol. The third kappa shape index (κ3) is 0.998. The molecule has 2 aromatic rings. The van der Waals surface area contributed by atoms with Gasteiger partial charge in [0.15, 0.2) is 0 Å². The highest BCUT2D eigenvalue weighted by Crippen LogP contribution is 2.12. The SMILES string of the molecule is CCc1ccc2c(ccn2C)n1. The number of fused-ring (bicyclic) bond motifs is 1. The summed E-state index contributed by atoms with van der Waals surface area (Å²) in [5, 5.41) is 0. The minimum atomic E-state index is 1.00. The quantitative estimate of drug-likeness (QED) is 0.625. The average Bonchev–Trinajstić information content (AvgIpc) is 2.47. The molecule has 0 bridgehead atoms. The molecule has 0 aliphatic carbocycles. The lowest BCUT2D eigenvalue weighted by Crippen LogP contribution is -1.88. The molecule has 2 nitrogen and oxygen atoms in total. The van der Waals surface area contributed by atoms with E-state index in [-0.39, 0.29) is 0 Å². The Balaban J connectivity index is 2.69. The van der Waals surface area contributed by atoms with Gasteiger partial charge in [0.2, 0.25) is 0 Å². The van der Waals surface area contributed by atoms with Crippen molar-refractivity contribution in [1.29, 1.82) is 0 Å². The molecule has 2 heterocycles. The van der Waals surface area contributed by atoms with Crippen LogP contribution in [0.15, 0.2) is 24.4 Å². The molecule has 62 valence electrons. The molecule has 0 saturated heterocycles. The molecule has 0 aliphatic rings. The summed E-state index contributed by atoms with van der Waals surface area (Å²) in [4.78, 5) is 4.49. The third-order valence-electron chi connectivity index (χ3n) is 2.16. The molecule has 2 aromatic heterocycles. The molecule has 0 fully saturated rings. The Morgan fingerprint density at radius 1 is 1.33 bits per heavy atom. The first-order valence-electron chi connectivity index (χ1n) is 4.22. The van der Waals surface area contributed by atoms with Crippen molar-refractivity contribution in [2.24, 2.45) is 7.05 Å². The fraction of sp³-hybridized carbons (Fsp3) is 0.300. The summed E-state index contributed by atoms with van der Waals surface area (Å²) in [6.07, 6.45) is 3.04. The van der Waals surface area contributed by atoms with Crippen LogP contribution in [-0.4, -0.2) is 9.55 Å². The van der Waals surface area contributed by atoms with E-state index in [1.54, 1.807) is 0 Å². The van der Waals surface area contributed by atoms with Crippen molar-refractivity contribution in [2.75, 3.05) is 0 Å². The van der Waals surface area contributed by atoms with E-state index in [2.05, 4.69) is 34.7 Å². The van der Waals surface area contributed by atoms with Crippen LogP contribution in [0, 0.1) is 0 Å². The van der Waals surface area contributed by atoms with Gasteiger partial charge in [0.1, 0.15) is 0 Å². The monoisotopic (exact) mass is 160 g/mol. The lowest BCUT2D eigenvalue weighted by Gasteiger charge is -1.97. The van der Waals surface area contributed by atoms with Crippen LogP contribution in [0.3, 0.4) is 0 Å². The van der Waals surface area contributed by atoms with E-state index in [4.69, 9.17) is 0 Å². The van der Waals surface area contributed by atoms with Crippen molar-refractivity contribution in [2.45, 2.75) is 13.3 Å². The first-order chi connectivity index (χ1) is 5.81. The van der Waals surface area contributed by atoms with Crippen molar-refractivity contribution in [3.05, 3.63) is 30.1 Å². The van der Waals surface area contributed by atoms with Gasteiger partial charge in [-0.2, -0.15) is 0 Å². The van der Waals surface area contributed by atoms with Gasteiger partial charge >= 0.3 is 0 Å². The van der Waals surface area contributed by atoms with E-state index < -0.39 is 0 Å². The van der Waals surface area contributed by atoms with Crippen molar-refractivity contribution < 1.29 is 0 Å². The zero-order valence-corrected chi connectivity index (χ0v) is 7.41. The fourth-order valence-corrected chi connectivity index (χ4v) is 1.39. The second kappa shape index (κ2) is 2.63. The molecule has 0 spiro atoms. The molecule has 0 aliphatic heterocycles. The van der Waals surface area contributed by atoms with Crippen LogP contribution >= 0.6 is 0 Å². The van der Waals surface area contributed by atoms with Crippen molar-refractivity contribution in [1.82, 2.24) is 9.55 Å². The fourth-order valence-electron chi connectivity index (χ4n) is 1.39. The summed E-state index contributed by atoms with van der Waals surface area (Å²) in [7, 11) is 2.04. The van der Waals surface area contributed by atoms with Gasteiger partial charge < -0.3 is 4.57 Å². The number of pyridine rings is 1. The lowest BCUT2D eigenvalue weighted by atomic mass is 10.3. The van der Waals surface area contributed by atoms with E-state index in [9.17, 15) is 0 Å². The number of hydrogen-bond acceptors (Lipinski definition) is 1. The highest BCUT2D eigenvalue weighted by Gasteiger charge is 1.98. The normalized spacial score (nSPS) is 10.8. The molecular formula is C10H12N2. The van der Waals surface area contributed by atoms with Gasteiger partial charge in [-0.3, -0.25) is 4.98 Å². The molecule has 0 aromatic carbocycles. The van der Waals surface area contributed by atoms with Crippen molar-refractivity contribution >= 4 is 11.0 Å². The van der Waals surface area contributed by atoms with Crippen LogP contribution in [0.2, 0.25) is 0 Å². The van der Waals surface area contributed by atoms with E-state index >= 15 is 0 Å². The predicted octanol–water partition coefficient (Wildman–Crippen LogP) is 2.14. The summed E-state index contributed by atoms with van der Waals surface area (Å²) in [6, 6.07) is 6.26. The Hall–Kier alpha value is -1.31. The van der Waals surface area contributed by atoms with Gasteiger partial charge in [0, 0.05) is 18.9 Å². The highest BCUT2D eigenvalue weighted by molar-refractivity contribution is 5.75. The molecule has 0 radical (unpaired) electrons.